The minimum Gasteiger partial charge on any atom is -0.507 e. The van der Waals surface area contributed by atoms with Gasteiger partial charge in [0.25, 0.3) is 0 Å². The number of thiophene rings is 1. The van der Waals surface area contributed by atoms with Crippen molar-refractivity contribution in [3.63, 3.8) is 0 Å². The summed E-state index contributed by atoms with van der Waals surface area (Å²) in [4.78, 5) is 36.9. The molecule has 0 spiro atoms. The van der Waals surface area contributed by atoms with E-state index < -0.39 is 18.2 Å². The number of carboxylic acid groups (broad SMARTS) is 1. The standard InChI is InChI=1S/C47H42ClFN6O7S/c1-3-37(48)40-10-6-8-36-42-45(51-28-52-46(42)63-43(36)29-11-13-31(49)14-12-29)62-41(47(57)58)24-30-23-33(59-27-34(61-40)25-55-21-19-54(2)20-22-55)15-16-39(30)60-26-32-17-18-50-44(53-32)35-7-4-5-9-38(35)56/h1,4-7,9-18,23,28,34,41,56H,8,19-22,24-27H2,2H3,(H,57,58)/b10-6-,40-37-/t34-,41-/m1/s1. The van der Waals surface area contributed by atoms with E-state index >= 15 is 0 Å². The lowest BCUT2D eigenvalue weighted by Crippen LogP contribution is -2.48. The minimum atomic E-state index is -1.45. The molecule has 322 valence electrons. The molecule has 1 saturated heterocycles. The Morgan fingerprint density at radius 1 is 1.05 bits per heavy atom. The molecule has 0 saturated carbocycles. The second kappa shape index (κ2) is 19.6. The van der Waals surface area contributed by atoms with Gasteiger partial charge in [0.2, 0.25) is 12.0 Å². The van der Waals surface area contributed by atoms with Gasteiger partial charge in [-0.3, -0.25) is 4.90 Å². The van der Waals surface area contributed by atoms with Gasteiger partial charge in [0.1, 0.15) is 64.3 Å². The maximum absolute atomic E-state index is 14.1. The topological polar surface area (TPSA) is 152 Å². The molecule has 2 N–H and O–H groups in total. The largest absolute Gasteiger partial charge is 0.507 e. The fourth-order valence-corrected chi connectivity index (χ4v) is 8.57. The Balaban J connectivity index is 1.20. The normalized spacial score (nSPS) is 18.8. The Morgan fingerprint density at radius 3 is 2.63 bits per heavy atom. The summed E-state index contributed by atoms with van der Waals surface area (Å²) in [7, 11) is 2.09. The van der Waals surface area contributed by atoms with Crippen LogP contribution in [0.5, 0.6) is 23.1 Å². The van der Waals surface area contributed by atoms with Gasteiger partial charge in [-0.15, -0.1) is 17.8 Å². The van der Waals surface area contributed by atoms with Crippen LogP contribution in [0.3, 0.4) is 0 Å². The molecular weight excluding hydrogens is 847 g/mol. The molecule has 5 heterocycles. The molecule has 2 bridgehead atoms. The highest BCUT2D eigenvalue weighted by Crippen LogP contribution is 2.42. The molecule has 8 rings (SSSR count). The van der Waals surface area contributed by atoms with Gasteiger partial charge in [0.15, 0.2) is 5.82 Å². The molecule has 2 atom stereocenters. The van der Waals surface area contributed by atoms with Gasteiger partial charge in [0.05, 0.1) is 16.6 Å². The summed E-state index contributed by atoms with van der Waals surface area (Å²) in [6, 6.07) is 19.7. The van der Waals surface area contributed by atoms with E-state index in [1.165, 1.54) is 29.8 Å². The molecule has 63 heavy (non-hydrogen) atoms. The number of para-hydroxylation sites is 1. The Hall–Kier alpha value is -6.57. The second-order valence-corrected chi connectivity index (χ2v) is 16.3. The average Bonchev–Trinajstić information content (AvgIpc) is 3.67. The third kappa shape index (κ3) is 10.4. The Morgan fingerprint density at radius 2 is 1.86 bits per heavy atom. The van der Waals surface area contributed by atoms with Gasteiger partial charge >= 0.3 is 5.97 Å². The number of terminal acetylenes is 1. The highest BCUT2D eigenvalue weighted by atomic mass is 35.5. The number of carboxylic acids is 1. The summed E-state index contributed by atoms with van der Waals surface area (Å²) >= 11 is 8.01. The number of ether oxygens (including phenoxy) is 4. The molecule has 0 unspecified atom stereocenters. The molecular formula is C47H42ClFN6O7S. The number of halogens is 2. The number of hydrogen-bond acceptors (Lipinski definition) is 13. The first-order chi connectivity index (χ1) is 30.6. The molecule has 0 aliphatic carbocycles. The van der Waals surface area contributed by atoms with Crippen LogP contribution < -0.4 is 14.2 Å². The van der Waals surface area contributed by atoms with Gasteiger partial charge in [-0.05, 0) is 79.2 Å². The third-order valence-electron chi connectivity index (χ3n) is 10.6. The van der Waals surface area contributed by atoms with Crippen LogP contribution in [0.2, 0.25) is 0 Å². The van der Waals surface area contributed by atoms with E-state index in [0.717, 1.165) is 42.2 Å². The monoisotopic (exact) mass is 888 g/mol. The van der Waals surface area contributed by atoms with E-state index in [1.54, 1.807) is 72.9 Å². The number of aliphatic carboxylic acids is 1. The lowest BCUT2D eigenvalue weighted by Gasteiger charge is -2.34. The lowest BCUT2D eigenvalue weighted by molar-refractivity contribution is -0.145. The molecule has 2 aliphatic rings. The van der Waals surface area contributed by atoms with Crippen molar-refractivity contribution in [2.24, 2.45) is 0 Å². The number of likely N-dealkylation sites (N-methyl/N-ethyl adjacent to an activating group) is 1. The predicted octanol–water partition coefficient (Wildman–Crippen LogP) is 7.52. The van der Waals surface area contributed by atoms with Crippen LogP contribution in [0.25, 0.3) is 32.0 Å². The summed E-state index contributed by atoms with van der Waals surface area (Å²) in [5, 5.41) is 21.7. The van der Waals surface area contributed by atoms with Gasteiger partial charge in [-0.2, -0.15) is 0 Å². The van der Waals surface area contributed by atoms with Crippen LogP contribution >= 0.6 is 22.9 Å². The van der Waals surface area contributed by atoms with Gasteiger partial charge in [-0.25, -0.2) is 29.1 Å². The Bertz CT molecular complexity index is 2720. The number of rotatable bonds is 8. The summed E-state index contributed by atoms with van der Waals surface area (Å²) in [5.74, 6) is 2.35. The van der Waals surface area contributed by atoms with E-state index in [4.69, 9.17) is 37.0 Å². The maximum Gasteiger partial charge on any atom is 0.345 e. The number of carbonyl (C=O) groups is 1. The molecule has 2 aliphatic heterocycles. The molecule has 0 radical (unpaired) electrons. The Labute approximate surface area is 372 Å². The average molecular weight is 889 g/mol. The summed E-state index contributed by atoms with van der Waals surface area (Å²) in [6.45, 7) is 4.02. The molecule has 6 aromatic rings. The summed E-state index contributed by atoms with van der Waals surface area (Å²) in [5.41, 5.74) is 2.89. The number of benzene rings is 3. The smallest absolute Gasteiger partial charge is 0.345 e. The predicted molar refractivity (Wildman–Crippen MR) is 237 cm³/mol. The van der Waals surface area contributed by atoms with E-state index in [9.17, 15) is 19.4 Å². The summed E-state index contributed by atoms with van der Waals surface area (Å²) < 4.78 is 39.9. The van der Waals surface area contributed by atoms with Gasteiger partial charge < -0.3 is 34.1 Å². The van der Waals surface area contributed by atoms with Crippen LogP contribution in [0, 0.1) is 18.2 Å². The fourth-order valence-electron chi connectivity index (χ4n) is 7.29. The number of phenols is 1. The van der Waals surface area contributed by atoms with Crippen molar-refractivity contribution >= 4 is 39.1 Å². The third-order valence-corrected chi connectivity index (χ3v) is 12.1. The van der Waals surface area contributed by atoms with Crippen LogP contribution in [-0.2, 0) is 29.0 Å². The number of nitrogens with zero attached hydrogens (tertiary/aromatic N) is 6. The molecule has 16 heteroatoms. The fraction of sp³-hybridized carbons (Fsp3) is 0.255. The van der Waals surface area contributed by atoms with Crippen LogP contribution in [0.1, 0.15) is 16.8 Å². The molecule has 1 fully saturated rings. The Kier molecular flexibility index (Phi) is 13.4. The highest BCUT2D eigenvalue weighted by Gasteiger charge is 2.28. The molecule has 3 aromatic heterocycles. The van der Waals surface area contributed by atoms with E-state index in [0.29, 0.717) is 50.9 Å². The number of hydrogen-bond donors (Lipinski definition) is 2. The zero-order valence-corrected chi connectivity index (χ0v) is 35.7. The maximum atomic E-state index is 14.1. The first kappa shape index (κ1) is 43.1. The number of allylic oxidation sites excluding steroid dienone is 3. The first-order valence-corrected chi connectivity index (χ1v) is 21.3. The molecule has 0 amide bonds. The quantitative estimate of drug-likeness (QED) is 0.145. The van der Waals surface area contributed by atoms with Gasteiger partial charge in [-0.1, -0.05) is 47.9 Å². The van der Waals surface area contributed by atoms with Gasteiger partial charge in [0, 0.05) is 55.8 Å². The van der Waals surface area contributed by atoms with Crippen molar-refractivity contribution in [3.8, 4) is 57.3 Å². The molecule has 13 nitrogen and oxygen atoms in total. The zero-order valence-electron chi connectivity index (χ0n) is 34.1. The van der Waals surface area contributed by atoms with Crippen molar-refractivity contribution in [1.29, 1.82) is 0 Å². The highest BCUT2D eigenvalue weighted by molar-refractivity contribution is 7.22. The lowest BCUT2D eigenvalue weighted by atomic mass is 10.0. The van der Waals surface area contributed by atoms with Crippen LogP contribution in [-0.4, -0.2) is 105 Å². The first-order valence-electron chi connectivity index (χ1n) is 20.1. The van der Waals surface area contributed by atoms with Crippen molar-refractivity contribution in [1.82, 2.24) is 29.7 Å². The van der Waals surface area contributed by atoms with Crippen molar-refractivity contribution in [2.75, 3.05) is 46.4 Å². The van der Waals surface area contributed by atoms with Crippen LogP contribution in [0.15, 0.2) is 108 Å². The molecule has 3 aromatic carbocycles. The zero-order chi connectivity index (χ0) is 43.9. The minimum absolute atomic E-state index is 0.00907. The second-order valence-electron chi connectivity index (χ2n) is 15.0. The van der Waals surface area contributed by atoms with E-state index in [2.05, 4.69) is 42.7 Å². The van der Waals surface area contributed by atoms with Crippen molar-refractivity contribution in [2.45, 2.75) is 31.7 Å². The van der Waals surface area contributed by atoms with Crippen LogP contribution in [0.4, 0.5) is 4.39 Å². The number of piperazine rings is 1. The number of phenolic OH excluding ortho intramolecular Hbond substituents is 1. The summed E-state index contributed by atoms with van der Waals surface area (Å²) in [6.07, 6.45) is 10.4. The van der Waals surface area contributed by atoms with E-state index in [1.807, 2.05) is 6.08 Å². The van der Waals surface area contributed by atoms with Crippen molar-refractivity contribution in [3.05, 3.63) is 131 Å². The number of aromatic hydroxyl groups is 1. The van der Waals surface area contributed by atoms with Crippen molar-refractivity contribution < 1.29 is 38.3 Å². The SMILES string of the molecule is C#C/C(Cl)=C1\C=C/Cc2c(-c3ccc(F)cc3)sc3ncnc(c23)O[C@@H](C(=O)O)Cc2cc(ccc2OCc2ccnc(-c3ccccc3O)n2)OC[C@@H](CN2CCN(C)CC2)O1. The number of fused-ring (bicyclic) bond motifs is 2. The van der Waals surface area contributed by atoms with E-state index in [-0.39, 0.29) is 54.3 Å². The number of aromatic nitrogens is 4.